The van der Waals surface area contributed by atoms with Crippen LogP contribution in [0.5, 0.6) is 0 Å². The Morgan fingerprint density at radius 1 is 1.09 bits per heavy atom. The summed E-state index contributed by atoms with van der Waals surface area (Å²) >= 11 is 1.64. The van der Waals surface area contributed by atoms with Crippen LogP contribution >= 0.6 is 11.3 Å². The van der Waals surface area contributed by atoms with Gasteiger partial charge in [0.2, 0.25) is 0 Å². The molecule has 0 saturated carbocycles. The van der Waals surface area contributed by atoms with E-state index in [0.717, 1.165) is 38.6 Å². The van der Waals surface area contributed by atoms with Crippen LogP contribution in [0.25, 0.3) is 21.2 Å². The van der Waals surface area contributed by atoms with Gasteiger partial charge < -0.3 is 0 Å². The second kappa shape index (κ2) is 6.02. The predicted molar refractivity (Wildman–Crippen MR) is 91.4 cm³/mol. The fraction of sp³-hybridized carbons (Fsp3) is 0.118. The minimum absolute atomic E-state index is 0.0656. The molecule has 2 aromatic carbocycles. The highest BCUT2D eigenvalue weighted by Crippen LogP contribution is 2.36. The van der Waals surface area contributed by atoms with E-state index >= 15 is 0 Å². The third-order valence-corrected chi connectivity index (χ3v) is 5.21. The van der Waals surface area contributed by atoms with Crippen molar-refractivity contribution in [1.82, 2.24) is 0 Å². The number of aryl methyl sites for hydroxylation is 1. The van der Waals surface area contributed by atoms with Gasteiger partial charge in [-0.2, -0.15) is 0 Å². The van der Waals surface area contributed by atoms with Gasteiger partial charge in [-0.1, -0.05) is 24.3 Å². The summed E-state index contributed by atoms with van der Waals surface area (Å²) in [5.41, 5.74) is 4.64. The van der Waals surface area contributed by atoms with Crippen LogP contribution in [0.15, 0.2) is 41.8 Å². The largest absolute Gasteiger partial charge is 0.298 e. The molecule has 3 nitrogen and oxygen atoms in total. The number of carbonyl (C=O) groups excluding carboxylic acids is 1. The first-order valence-corrected chi connectivity index (χ1v) is 9.01. The molecular formula is C17H14O3S2. The maximum absolute atomic E-state index is 11.0. The molecule has 0 bridgehead atoms. The van der Waals surface area contributed by atoms with E-state index in [1.54, 1.807) is 11.3 Å². The molecule has 1 aromatic heterocycles. The van der Waals surface area contributed by atoms with Crippen LogP contribution < -0.4 is 0 Å². The summed E-state index contributed by atoms with van der Waals surface area (Å²) in [6.07, 6.45) is 0.849. The minimum atomic E-state index is -2.42. The van der Waals surface area contributed by atoms with Crippen molar-refractivity contribution in [2.75, 3.05) is 0 Å². The average Bonchev–Trinajstić information content (AvgIpc) is 2.89. The number of thiol groups is 1. The molecule has 0 aliphatic heterocycles. The first kappa shape index (κ1) is 14.9. The molecule has 112 valence electrons. The first-order chi connectivity index (χ1) is 10.6. The summed E-state index contributed by atoms with van der Waals surface area (Å²) in [5.74, 6) is 0.0656. The number of hydrogen-bond acceptors (Lipinski definition) is 4. The van der Waals surface area contributed by atoms with Crippen LogP contribution in [0, 0.1) is 6.92 Å². The lowest BCUT2D eigenvalue weighted by Gasteiger charge is -2.07. The Labute approximate surface area is 134 Å². The number of benzene rings is 2. The summed E-state index contributed by atoms with van der Waals surface area (Å²) in [6, 6.07) is 11.4. The van der Waals surface area contributed by atoms with Gasteiger partial charge in [-0.05, 0) is 41.1 Å². The molecule has 0 aliphatic carbocycles. The Hall–Kier alpha value is -1.98. The molecule has 0 fully saturated rings. The number of rotatable bonds is 4. The Morgan fingerprint density at radius 3 is 2.59 bits per heavy atom. The lowest BCUT2D eigenvalue weighted by Crippen LogP contribution is -1.90. The van der Waals surface area contributed by atoms with Crippen LogP contribution in [0.2, 0.25) is 0 Å². The van der Waals surface area contributed by atoms with E-state index < -0.39 is 10.7 Å². The van der Waals surface area contributed by atoms with Crippen molar-refractivity contribution in [2.24, 2.45) is 0 Å². The van der Waals surface area contributed by atoms with Crippen molar-refractivity contribution in [3.63, 3.8) is 0 Å². The lowest BCUT2D eigenvalue weighted by molar-refractivity contribution is 0.112. The van der Waals surface area contributed by atoms with E-state index in [1.807, 2.05) is 43.3 Å². The molecule has 1 heterocycles. The number of hydrogen-bond donors (Lipinski definition) is 1. The highest BCUT2D eigenvalue weighted by molar-refractivity contribution is 7.71. The molecule has 0 spiro atoms. The number of fused-ring (bicyclic) bond motifs is 1. The summed E-state index contributed by atoms with van der Waals surface area (Å²) in [7, 11) is -2.42. The number of thiophene rings is 1. The Balaban J connectivity index is 2.13. The molecule has 0 unspecified atom stereocenters. The van der Waals surface area contributed by atoms with Crippen molar-refractivity contribution in [2.45, 2.75) is 12.7 Å². The summed E-state index contributed by atoms with van der Waals surface area (Å²) in [4.78, 5) is 11.0. The second-order valence-electron chi connectivity index (χ2n) is 5.16. The molecule has 0 N–H and O–H groups in total. The smallest absolute Gasteiger partial charge is 0.150 e. The average molecular weight is 330 g/mol. The summed E-state index contributed by atoms with van der Waals surface area (Å²) < 4.78 is 22.8. The zero-order chi connectivity index (χ0) is 15.7. The zero-order valence-corrected chi connectivity index (χ0v) is 13.6. The third kappa shape index (κ3) is 2.82. The van der Waals surface area contributed by atoms with Gasteiger partial charge in [0, 0.05) is 21.2 Å². The van der Waals surface area contributed by atoms with E-state index in [4.69, 9.17) is 0 Å². The number of carbonyl (C=O) groups is 1. The molecule has 22 heavy (non-hydrogen) atoms. The van der Waals surface area contributed by atoms with Gasteiger partial charge in [0.1, 0.15) is 17.0 Å². The van der Waals surface area contributed by atoms with Crippen LogP contribution in [0.1, 0.15) is 21.5 Å². The Morgan fingerprint density at radius 2 is 1.91 bits per heavy atom. The second-order valence-corrected chi connectivity index (χ2v) is 7.06. The van der Waals surface area contributed by atoms with E-state index in [0.29, 0.717) is 5.56 Å². The summed E-state index contributed by atoms with van der Waals surface area (Å²) in [5, 5.41) is 3.13. The molecule has 0 amide bonds. The SMILES string of the molecule is Cc1cc(C[SH](=O)=O)ccc1-c1csc2ccc(C=O)cc12. The van der Waals surface area contributed by atoms with Crippen LogP contribution in [-0.2, 0) is 16.5 Å². The van der Waals surface area contributed by atoms with E-state index in [2.05, 4.69) is 5.38 Å². The standard InChI is InChI=1S/C17H14O3S2/c1-11-6-13(10-22(19)20)2-4-14(11)16-9-21-17-5-3-12(8-18)7-15(16)17/h2-9,22H,10H2,1H3. The number of aldehydes is 1. The lowest BCUT2D eigenvalue weighted by atomic mass is 9.98. The maximum Gasteiger partial charge on any atom is 0.150 e. The van der Waals surface area contributed by atoms with Gasteiger partial charge in [0.15, 0.2) is 0 Å². The normalized spacial score (nSPS) is 11.2. The molecule has 3 aromatic rings. The van der Waals surface area contributed by atoms with Gasteiger partial charge in [-0.15, -0.1) is 11.3 Å². The predicted octanol–water partition coefficient (Wildman–Crippen LogP) is 3.80. The highest BCUT2D eigenvalue weighted by Gasteiger charge is 2.10. The van der Waals surface area contributed by atoms with Gasteiger partial charge in [0.05, 0.1) is 5.75 Å². The molecule has 0 aliphatic rings. The molecular weight excluding hydrogens is 316 g/mol. The van der Waals surface area contributed by atoms with Crippen LogP contribution in [0.3, 0.4) is 0 Å². The van der Waals surface area contributed by atoms with Crippen LogP contribution in [-0.4, -0.2) is 14.7 Å². The third-order valence-electron chi connectivity index (χ3n) is 3.63. The van der Waals surface area contributed by atoms with Crippen molar-refractivity contribution in [3.05, 3.63) is 58.5 Å². The molecule has 0 saturated heterocycles. The topological polar surface area (TPSA) is 51.2 Å². The van der Waals surface area contributed by atoms with E-state index in [1.165, 1.54) is 0 Å². The highest BCUT2D eigenvalue weighted by atomic mass is 32.2. The van der Waals surface area contributed by atoms with Crippen molar-refractivity contribution < 1.29 is 13.2 Å². The first-order valence-electron chi connectivity index (χ1n) is 6.76. The van der Waals surface area contributed by atoms with Crippen LogP contribution in [0.4, 0.5) is 0 Å². The molecule has 0 atom stereocenters. The molecule has 0 radical (unpaired) electrons. The van der Waals surface area contributed by atoms with Crippen molar-refractivity contribution in [3.8, 4) is 11.1 Å². The minimum Gasteiger partial charge on any atom is -0.298 e. The van der Waals surface area contributed by atoms with Gasteiger partial charge in [0.25, 0.3) is 0 Å². The quantitative estimate of drug-likeness (QED) is 0.585. The van der Waals surface area contributed by atoms with Gasteiger partial charge >= 0.3 is 0 Å². The van der Waals surface area contributed by atoms with Crippen molar-refractivity contribution >= 4 is 38.4 Å². The summed E-state index contributed by atoms with van der Waals surface area (Å²) in [6.45, 7) is 1.98. The zero-order valence-electron chi connectivity index (χ0n) is 11.9. The molecule has 3 rings (SSSR count). The fourth-order valence-corrected chi connectivity index (χ4v) is 4.04. The van der Waals surface area contributed by atoms with E-state index in [-0.39, 0.29) is 5.75 Å². The van der Waals surface area contributed by atoms with Gasteiger partial charge in [-0.25, -0.2) is 8.42 Å². The van der Waals surface area contributed by atoms with Crippen molar-refractivity contribution in [1.29, 1.82) is 0 Å². The van der Waals surface area contributed by atoms with E-state index in [9.17, 15) is 13.2 Å². The Bertz CT molecular complexity index is 928. The van der Waals surface area contributed by atoms with Gasteiger partial charge in [-0.3, -0.25) is 4.79 Å². The molecule has 5 heteroatoms. The Kier molecular flexibility index (Phi) is 4.09. The maximum atomic E-state index is 11.0. The monoisotopic (exact) mass is 330 g/mol. The fourth-order valence-electron chi connectivity index (χ4n) is 2.60.